The van der Waals surface area contributed by atoms with Gasteiger partial charge in [-0.2, -0.15) is 0 Å². The smallest absolute Gasteiger partial charge is 0.657 e. The van der Waals surface area contributed by atoms with Crippen molar-refractivity contribution in [1.29, 1.82) is 0 Å². The van der Waals surface area contributed by atoms with Gasteiger partial charge in [-0.05, 0) is 0 Å². The molecule has 136 valence electrons. The molecule has 0 amide bonds. The molecule has 0 aliphatic heterocycles. The summed E-state index contributed by atoms with van der Waals surface area (Å²) in [5.41, 5.74) is 0. The monoisotopic (exact) mass is 352 g/mol. The molecule has 0 saturated carbocycles. The Labute approximate surface area is 178 Å². The van der Waals surface area contributed by atoms with Gasteiger partial charge < -0.3 is 10.6 Å². The van der Waals surface area contributed by atoms with Crippen LogP contribution in [-0.2, 0) is 0 Å². The number of rotatable bonds is 12. The van der Waals surface area contributed by atoms with Gasteiger partial charge >= 0.3 is 37.7 Å². The Morgan fingerprint density at radius 2 is 0.652 bits per heavy atom. The molecule has 0 aromatic rings. The second kappa shape index (κ2) is 21.2. The van der Waals surface area contributed by atoms with Crippen LogP contribution in [0.4, 0.5) is 0 Å². The molecule has 4 atom stereocenters. The minimum absolute atomic E-state index is 0. The summed E-state index contributed by atoms with van der Waals surface area (Å²) in [6, 6.07) is 2.28. The molecule has 4 unspecified atom stereocenters. The van der Waals surface area contributed by atoms with Crippen LogP contribution < -0.4 is 0 Å². The Morgan fingerprint density at radius 3 is 0.783 bits per heavy atom. The first-order valence-electron chi connectivity index (χ1n) is 9.80. The summed E-state index contributed by atoms with van der Waals surface area (Å²) < 4.78 is 0. The number of hydrogen-bond donors (Lipinski definition) is 0. The second-order valence-corrected chi connectivity index (χ2v) is 6.85. The summed E-state index contributed by atoms with van der Waals surface area (Å²) >= 11 is 0. The van der Waals surface area contributed by atoms with E-state index in [4.69, 9.17) is 0 Å². The molecule has 0 bridgehead atoms. The van der Waals surface area contributed by atoms with Gasteiger partial charge in [-0.1, -0.05) is 107 Å². The summed E-state index contributed by atoms with van der Waals surface area (Å²) in [7, 11) is 0. The summed E-state index contributed by atoms with van der Waals surface area (Å²) in [6.07, 6.45) is 9.99. The van der Waals surface area contributed by atoms with Crippen LogP contribution in [0.5, 0.6) is 0 Å². The van der Waals surface area contributed by atoms with E-state index >= 15 is 0 Å². The number of hydrogen-bond acceptors (Lipinski definition) is 0. The van der Waals surface area contributed by atoms with E-state index in [0.29, 0.717) is 24.2 Å². The van der Waals surface area contributed by atoms with E-state index in [1.54, 1.807) is 0 Å². The first-order chi connectivity index (χ1) is 10.4. The molecule has 0 spiro atoms. The molecule has 0 aliphatic carbocycles. The molecular formula is C20H44CaN2. The molecule has 23 heavy (non-hydrogen) atoms. The molecule has 0 heterocycles. The average Bonchev–Trinajstić information content (AvgIpc) is 2.40. The summed E-state index contributed by atoms with van der Waals surface area (Å²) in [5.74, 6) is 0. The standard InChI is InChI=1S/2C10H22N.Ca/c2*1-5-7-9(3)11-10(4)8-6-2;/h2*9-10H,5-8H2,1-4H3;/q2*-1;+2. The minimum atomic E-state index is 0. The van der Waals surface area contributed by atoms with Gasteiger partial charge in [0, 0.05) is 0 Å². The van der Waals surface area contributed by atoms with Crippen LogP contribution in [0.15, 0.2) is 0 Å². The molecule has 0 fully saturated rings. The van der Waals surface area contributed by atoms with E-state index in [-0.39, 0.29) is 37.7 Å². The van der Waals surface area contributed by atoms with Crippen molar-refractivity contribution >= 4 is 37.7 Å². The molecule has 0 radical (unpaired) electrons. The molecule has 0 aromatic heterocycles. The van der Waals surface area contributed by atoms with Gasteiger partial charge in [-0.25, -0.2) is 0 Å². The fourth-order valence-electron chi connectivity index (χ4n) is 2.84. The zero-order valence-electron chi connectivity index (χ0n) is 17.6. The van der Waals surface area contributed by atoms with Crippen molar-refractivity contribution in [3.63, 3.8) is 0 Å². The maximum atomic E-state index is 4.66. The van der Waals surface area contributed by atoms with E-state index in [1.807, 2.05) is 0 Å². The molecule has 0 N–H and O–H groups in total. The molecular weight excluding hydrogens is 308 g/mol. The average molecular weight is 353 g/mol. The zero-order valence-corrected chi connectivity index (χ0v) is 19.8. The van der Waals surface area contributed by atoms with Gasteiger partial charge in [-0.15, -0.1) is 24.2 Å². The van der Waals surface area contributed by atoms with Gasteiger partial charge in [0.2, 0.25) is 0 Å². The van der Waals surface area contributed by atoms with Crippen molar-refractivity contribution in [2.45, 2.75) is 131 Å². The molecule has 0 rings (SSSR count). The largest absolute Gasteiger partial charge is 2.00 e. The summed E-state index contributed by atoms with van der Waals surface area (Å²) in [6.45, 7) is 17.7. The predicted molar refractivity (Wildman–Crippen MR) is 110 cm³/mol. The van der Waals surface area contributed by atoms with Crippen LogP contribution in [-0.4, -0.2) is 61.9 Å². The third-order valence-electron chi connectivity index (χ3n) is 3.84. The van der Waals surface area contributed by atoms with Gasteiger partial charge in [0.15, 0.2) is 0 Å². The Balaban J connectivity index is -0.000000333. The van der Waals surface area contributed by atoms with Crippen molar-refractivity contribution < 1.29 is 0 Å². The van der Waals surface area contributed by atoms with E-state index in [2.05, 4.69) is 66.0 Å². The van der Waals surface area contributed by atoms with Crippen LogP contribution in [0.2, 0.25) is 0 Å². The molecule has 0 aromatic carbocycles. The van der Waals surface area contributed by atoms with E-state index in [0.717, 1.165) is 0 Å². The van der Waals surface area contributed by atoms with Crippen molar-refractivity contribution in [1.82, 2.24) is 0 Å². The van der Waals surface area contributed by atoms with Crippen LogP contribution in [0.3, 0.4) is 0 Å². The SMILES string of the molecule is CCCC(C)[N-]C(C)CCC.CCCC(C)[N-]C(C)CCC.[Ca+2]. The topological polar surface area (TPSA) is 28.2 Å². The van der Waals surface area contributed by atoms with E-state index in [9.17, 15) is 0 Å². The maximum absolute atomic E-state index is 4.66. The first-order valence-corrected chi connectivity index (χ1v) is 9.80. The Hall–Kier alpha value is 1.18. The van der Waals surface area contributed by atoms with Gasteiger partial charge in [0.05, 0.1) is 0 Å². The summed E-state index contributed by atoms with van der Waals surface area (Å²) in [5, 5.41) is 9.31. The molecule has 0 saturated heterocycles. The fourth-order valence-corrected chi connectivity index (χ4v) is 2.84. The van der Waals surface area contributed by atoms with Crippen molar-refractivity contribution in [2.75, 3.05) is 0 Å². The van der Waals surface area contributed by atoms with Crippen molar-refractivity contribution in [3.05, 3.63) is 10.6 Å². The fraction of sp³-hybridized carbons (Fsp3) is 1.00. The Bertz CT molecular complexity index is 170. The maximum Gasteiger partial charge on any atom is 2.00 e. The van der Waals surface area contributed by atoms with Gasteiger partial charge in [0.1, 0.15) is 0 Å². The first kappa shape index (κ1) is 29.0. The van der Waals surface area contributed by atoms with Crippen LogP contribution in [0.1, 0.15) is 107 Å². The van der Waals surface area contributed by atoms with Crippen molar-refractivity contribution in [2.24, 2.45) is 0 Å². The zero-order chi connectivity index (χ0) is 17.4. The Kier molecular flexibility index (Phi) is 26.7. The van der Waals surface area contributed by atoms with Crippen LogP contribution in [0, 0.1) is 0 Å². The van der Waals surface area contributed by atoms with Crippen LogP contribution in [0.25, 0.3) is 10.6 Å². The number of nitrogens with zero attached hydrogens (tertiary/aromatic N) is 2. The predicted octanol–water partition coefficient (Wildman–Crippen LogP) is 7.09. The second-order valence-electron chi connectivity index (χ2n) is 6.85. The normalized spacial score (nSPS) is 15.7. The van der Waals surface area contributed by atoms with Gasteiger partial charge in [-0.3, -0.25) is 0 Å². The van der Waals surface area contributed by atoms with Crippen molar-refractivity contribution in [3.8, 4) is 0 Å². The summed E-state index contributed by atoms with van der Waals surface area (Å²) in [4.78, 5) is 0. The molecule has 3 heteroatoms. The van der Waals surface area contributed by atoms with Gasteiger partial charge in [0.25, 0.3) is 0 Å². The van der Waals surface area contributed by atoms with Crippen LogP contribution >= 0.6 is 0 Å². The minimum Gasteiger partial charge on any atom is -0.657 e. The third-order valence-corrected chi connectivity index (χ3v) is 3.84. The molecule has 0 aliphatic rings. The quantitative estimate of drug-likeness (QED) is 0.335. The van der Waals surface area contributed by atoms with E-state index < -0.39 is 0 Å². The van der Waals surface area contributed by atoms with E-state index in [1.165, 1.54) is 51.4 Å². The Morgan fingerprint density at radius 1 is 0.478 bits per heavy atom. The third kappa shape index (κ3) is 23.2. The molecule has 2 nitrogen and oxygen atoms in total.